The number of carbonyl (C=O) groups is 1. The Morgan fingerprint density at radius 3 is 2.69 bits per heavy atom. The Bertz CT molecular complexity index is 204. The molecule has 1 aliphatic rings. The van der Waals surface area contributed by atoms with E-state index in [1.165, 1.54) is 0 Å². The van der Waals surface area contributed by atoms with Crippen LogP contribution in [0.4, 0.5) is 0 Å². The van der Waals surface area contributed by atoms with Crippen molar-refractivity contribution in [2.24, 2.45) is 5.73 Å². The molecule has 76 valence electrons. The van der Waals surface area contributed by atoms with Crippen LogP contribution in [0.1, 0.15) is 20.3 Å². The molecule has 0 aromatic rings. The Morgan fingerprint density at radius 1 is 1.69 bits per heavy atom. The van der Waals surface area contributed by atoms with Crippen molar-refractivity contribution >= 4 is 5.91 Å². The molecule has 4 heteroatoms. The molecule has 1 amide bonds. The summed E-state index contributed by atoms with van der Waals surface area (Å²) < 4.78 is 5.07. The number of hydrogen-bond donors (Lipinski definition) is 1. The molecule has 1 unspecified atom stereocenters. The van der Waals surface area contributed by atoms with Crippen molar-refractivity contribution in [1.29, 1.82) is 0 Å². The van der Waals surface area contributed by atoms with E-state index in [0.717, 1.165) is 13.0 Å². The predicted octanol–water partition coefficient (Wildman–Crippen LogP) is -0.0290. The normalized spacial score (nSPS) is 24.2. The molecule has 2 N–H and O–H groups in total. The number of nitrogens with zero attached hydrogens (tertiary/aromatic N) is 1. The standard InChI is InChI=1S/C9H18N2O2/c1-9(2,6-13-3)11-5-4-7(10)8(11)12/h7H,4-6,10H2,1-3H3. The van der Waals surface area contributed by atoms with Gasteiger partial charge in [0.1, 0.15) is 0 Å². The zero-order valence-electron chi connectivity index (χ0n) is 8.54. The van der Waals surface area contributed by atoms with E-state index in [4.69, 9.17) is 10.5 Å². The van der Waals surface area contributed by atoms with Crippen LogP contribution < -0.4 is 5.73 Å². The third kappa shape index (κ3) is 2.00. The van der Waals surface area contributed by atoms with Crippen LogP contribution in [-0.2, 0) is 9.53 Å². The molecule has 0 saturated carbocycles. The van der Waals surface area contributed by atoms with Crippen LogP contribution in [0.3, 0.4) is 0 Å². The average Bonchev–Trinajstić information content (AvgIpc) is 2.33. The molecular formula is C9H18N2O2. The number of ether oxygens (including phenoxy) is 1. The van der Waals surface area contributed by atoms with Crippen LogP contribution in [-0.4, -0.2) is 42.6 Å². The first-order valence-electron chi connectivity index (χ1n) is 4.55. The number of rotatable bonds is 3. The Balaban J connectivity index is 2.66. The van der Waals surface area contributed by atoms with E-state index in [9.17, 15) is 4.79 Å². The highest BCUT2D eigenvalue weighted by atomic mass is 16.5. The van der Waals surface area contributed by atoms with Gasteiger partial charge in [-0.1, -0.05) is 0 Å². The highest BCUT2D eigenvalue weighted by Crippen LogP contribution is 2.21. The largest absolute Gasteiger partial charge is 0.382 e. The van der Waals surface area contributed by atoms with E-state index in [1.54, 1.807) is 12.0 Å². The predicted molar refractivity (Wildman–Crippen MR) is 50.3 cm³/mol. The molecule has 0 aromatic heterocycles. The van der Waals surface area contributed by atoms with Crippen molar-refractivity contribution in [2.75, 3.05) is 20.3 Å². The summed E-state index contributed by atoms with van der Waals surface area (Å²) >= 11 is 0. The van der Waals surface area contributed by atoms with Crippen LogP contribution in [0.25, 0.3) is 0 Å². The van der Waals surface area contributed by atoms with E-state index in [0.29, 0.717) is 6.61 Å². The Labute approximate surface area is 79.0 Å². The number of methoxy groups -OCH3 is 1. The van der Waals surface area contributed by atoms with Gasteiger partial charge in [-0.3, -0.25) is 4.79 Å². The van der Waals surface area contributed by atoms with E-state index >= 15 is 0 Å². The second-order valence-electron chi connectivity index (χ2n) is 4.13. The van der Waals surface area contributed by atoms with E-state index < -0.39 is 0 Å². The average molecular weight is 186 g/mol. The first-order valence-corrected chi connectivity index (χ1v) is 4.55. The van der Waals surface area contributed by atoms with Gasteiger partial charge in [-0.25, -0.2) is 0 Å². The van der Waals surface area contributed by atoms with Crippen molar-refractivity contribution in [3.8, 4) is 0 Å². The van der Waals surface area contributed by atoms with Gasteiger partial charge in [0.2, 0.25) is 5.91 Å². The number of likely N-dealkylation sites (tertiary alicyclic amines) is 1. The minimum Gasteiger partial charge on any atom is -0.382 e. The van der Waals surface area contributed by atoms with Crippen molar-refractivity contribution in [2.45, 2.75) is 31.8 Å². The quantitative estimate of drug-likeness (QED) is 0.673. The lowest BCUT2D eigenvalue weighted by Crippen LogP contribution is -2.50. The topological polar surface area (TPSA) is 55.6 Å². The van der Waals surface area contributed by atoms with Gasteiger partial charge >= 0.3 is 0 Å². The summed E-state index contributed by atoms with van der Waals surface area (Å²) in [5, 5.41) is 0. The fraction of sp³-hybridized carbons (Fsp3) is 0.889. The summed E-state index contributed by atoms with van der Waals surface area (Å²) in [5.74, 6) is 0.0436. The molecule has 1 saturated heterocycles. The molecule has 0 spiro atoms. The summed E-state index contributed by atoms with van der Waals surface area (Å²) in [6.45, 7) is 5.28. The van der Waals surface area contributed by atoms with Crippen molar-refractivity contribution in [3.63, 3.8) is 0 Å². The smallest absolute Gasteiger partial charge is 0.240 e. The van der Waals surface area contributed by atoms with Gasteiger partial charge in [-0.05, 0) is 20.3 Å². The van der Waals surface area contributed by atoms with E-state index in [1.807, 2.05) is 13.8 Å². The third-order valence-corrected chi connectivity index (χ3v) is 2.48. The second-order valence-corrected chi connectivity index (χ2v) is 4.13. The molecule has 13 heavy (non-hydrogen) atoms. The number of amides is 1. The lowest BCUT2D eigenvalue weighted by atomic mass is 10.1. The van der Waals surface area contributed by atoms with Crippen molar-refractivity contribution < 1.29 is 9.53 Å². The maximum absolute atomic E-state index is 11.6. The summed E-state index contributed by atoms with van der Waals surface area (Å²) in [4.78, 5) is 13.4. The third-order valence-electron chi connectivity index (χ3n) is 2.48. The minimum atomic E-state index is -0.309. The summed E-state index contributed by atoms with van der Waals surface area (Å²) in [6.07, 6.45) is 0.756. The number of hydrogen-bond acceptors (Lipinski definition) is 3. The molecule has 0 radical (unpaired) electrons. The van der Waals surface area contributed by atoms with E-state index in [-0.39, 0.29) is 17.5 Å². The van der Waals surface area contributed by atoms with E-state index in [2.05, 4.69) is 0 Å². The van der Waals surface area contributed by atoms with Gasteiger partial charge in [0, 0.05) is 13.7 Å². The number of nitrogens with two attached hydrogens (primary N) is 1. The van der Waals surface area contributed by atoms with Crippen LogP contribution in [0.5, 0.6) is 0 Å². The van der Waals surface area contributed by atoms with Crippen molar-refractivity contribution in [1.82, 2.24) is 4.90 Å². The molecule has 4 nitrogen and oxygen atoms in total. The van der Waals surface area contributed by atoms with Gasteiger partial charge in [0.25, 0.3) is 0 Å². The molecule has 1 fully saturated rings. The van der Waals surface area contributed by atoms with Gasteiger partial charge in [0.15, 0.2) is 0 Å². The molecule has 1 heterocycles. The Kier molecular flexibility index (Phi) is 2.93. The monoisotopic (exact) mass is 186 g/mol. The van der Waals surface area contributed by atoms with Crippen molar-refractivity contribution in [3.05, 3.63) is 0 Å². The molecule has 0 aliphatic carbocycles. The molecule has 1 aliphatic heterocycles. The van der Waals surface area contributed by atoms with Gasteiger partial charge in [-0.2, -0.15) is 0 Å². The zero-order valence-corrected chi connectivity index (χ0v) is 8.54. The molecule has 0 aromatic carbocycles. The minimum absolute atomic E-state index is 0.0436. The first kappa shape index (κ1) is 10.5. The zero-order chi connectivity index (χ0) is 10.1. The SMILES string of the molecule is COCC(C)(C)N1CCC(N)C1=O. The molecule has 1 atom stereocenters. The van der Waals surface area contributed by atoms with Gasteiger partial charge in [0.05, 0.1) is 18.2 Å². The van der Waals surface area contributed by atoms with Gasteiger partial charge < -0.3 is 15.4 Å². The number of carbonyl (C=O) groups excluding carboxylic acids is 1. The van der Waals surface area contributed by atoms with Crippen LogP contribution in [0.15, 0.2) is 0 Å². The highest BCUT2D eigenvalue weighted by molar-refractivity contribution is 5.84. The highest BCUT2D eigenvalue weighted by Gasteiger charge is 2.38. The Hall–Kier alpha value is -0.610. The fourth-order valence-electron chi connectivity index (χ4n) is 1.73. The van der Waals surface area contributed by atoms with Crippen LogP contribution >= 0.6 is 0 Å². The lowest BCUT2D eigenvalue weighted by molar-refractivity contribution is -0.134. The van der Waals surface area contributed by atoms with Crippen LogP contribution in [0, 0.1) is 0 Å². The maximum Gasteiger partial charge on any atom is 0.240 e. The Morgan fingerprint density at radius 2 is 2.31 bits per heavy atom. The fourth-order valence-corrected chi connectivity index (χ4v) is 1.73. The molecular weight excluding hydrogens is 168 g/mol. The maximum atomic E-state index is 11.6. The lowest BCUT2D eigenvalue weighted by Gasteiger charge is -2.34. The van der Waals surface area contributed by atoms with Crippen LogP contribution in [0.2, 0.25) is 0 Å². The summed E-state index contributed by atoms with van der Waals surface area (Å²) in [5.41, 5.74) is 5.39. The summed E-state index contributed by atoms with van der Waals surface area (Å²) in [6, 6.07) is -0.309. The summed E-state index contributed by atoms with van der Waals surface area (Å²) in [7, 11) is 1.64. The first-order chi connectivity index (χ1) is 5.99. The second kappa shape index (κ2) is 3.64. The van der Waals surface area contributed by atoms with Gasteiger partial charge in [-0.15, -0.1) is 0 Å². The molecule has 1 rings (SSSR count). The molecule has 0 bridgehead atoms.